The normalized spacial score (nSPS) is 11.2. The number of ether oxygens (including phenoxy) is 1. The van der Waals surface area contributed by atoms with Crippen molar-refractivity contribution < 1.29 is 18.7 Å². The van der Waals surface area contributed by atoms with Crippen molar-refractivity contribution in [1.82, 2.24) is 5.32 Å². The number of rotatable bonds is 8. The second kappa shape index (κ2) is 11.3. The molecule has 0 aliphatic heterocycles. The summed E-state index contributed by atoms with van der Waals surface area (Å²) in [5, 5.41) is 5.49. The maximum atomic E-state index is 12.9. The average molecular weight is 396 g/mol. The SMILES string of the molecule is COC(CN)CC(=O)Nc1ccc(C(=O)NCc2ccc(F)cc2)cc1.Cl. The quantitative estimate of drug-likeness (QED) is 0.640. The number of hydrogen-bond acceptors (Lipinski definition) is 4. The van der Waals surface area contributed by atoms with E-state index in [4.69, 9.17) is 10.5 Å². The highest BCUT2D eigenvalue weighted by molar-refractivity contribution is 5.95. The minimum atomic E-state index is -0.327. The topological polar surface area (TPSA) is 93.4 Å². The number of amides is 2. The first-order valence-corrected chi connectivity index (χ1v) is 8.17. The van der Waals surface area contributed by atoms with E-state index in [1.165, 1.54) is 19.2 Å². The summed E-state index contributed by atoms with van der Waals surface area (Å²) in [5.41, 5.74) is 7.33. The van der Waals surface area contributed by atoms with Gasteiger partial charge in [-0.05, 0) is 42.0 Å². The molecule has 0 radical (unpaired) electrons. The Hall–Kier alpha value is -2.48. The van der Waals surface area contributed by atoms with E-state index in [2.05, 4.69) is 10.6 Å². The molecule has 0 saturated carbocycles. The number of benzene rings is 2. The number of hydrogen-bond donors (Lipinski definition) is 3. The number of methoxy groups -OCH3 is 1. The van der Waals surface area contributed by atoms with Gasteiger partial charge in [0.05, 0.1) is 12.5 Å². The maximum absolute atomic E-state index is 12.9. The summed E-state index contributed by atoms with van der Waals surface area (Å²) in [6.07, 6.45) is -0.168. The standard InChI is InChI=1S/C19H22FN3O3.ClH/c1-26-17(11-21)10-18(24)23-16-8-4-14(5-9-16)19(25)22-12-13-2-6-15(20)7-3-13;/h2-9,17H,10-12,21H2,1H3,(H,22,25)(H,23,24);1H. The van der Waals surface area contributed by atoms with E-state index in [0.29, 0.717) is 17.8 Å². The lowest BCUT2D eigenvalue weighted by molar-refractivity contribution is -0.118. The molecule has 2 aromatic carbocycles. The average Bonchev–Trinajstić information content (AvgIpc) is 2.66. The van der Waals surface area contributed by atoms with Crippen molar-refractivity contribution in [2.24, 2.45) is 5.73 Å². The number of carbonyl (C=O) groups is 2. The first-order valence-electron chi connectivity index (χ1n) is 8.17. The molecule has 0 bridgehead atoms. The van der Waals surface area contributed by atoms with Crippen molar-refractivity contribution in [3.8, 4) is 0 Å². The molecule has 0 heterocycles. The van der Waals surface area contributed by atoms with Crippen LogP contribution in [-0.4, -0.2) is 31.6 Å². The number of nitrogens with two attached hydrogens (primary N) is 1. The van der Waals surface area contributed by atoms with Gasteiger partial charge in [0, 0.05) is 31.5 Å². The molecule has 2 amide bonds. The van der Waals surface area contributed by atoms with E-state index >= 15 is 0 Å². The lowest BCUT2D eigenvalue weighted by Crippen LogP contribution is -2.28. The summed E-state index contributed by atoms with van der Waals surface area (Å²) in [7, 11) is 1.50. The predicted octanol–water partition coefficient (Wildman–Crippen LogP) is 2.48. The number of anilines is 1. The van der Waals surface area contributed by atoms with Crippen LogP contribution in [-0.2, 0) is 16.1 Å². The third-order valence-corrected chi connectivity index (χ3v) is 3.81. The van der Waals surface area contributed by atoms with E-state index in [-0.39, 0.29) is 49.1 Å². The molecule has 0 fully saturated rings. The van der Waals surface area contributed by atoms with Gasteiger partial charge in [0.15, 0.2) is 0 Å². The monoisotopic (exact) mass is 395 g/mol. The summed E-state index contributed by atoms with van der Waals surface area (Å²) in [6, 6.07) is 12.4. The van der Waals surface area contributed by atoms with Gasteiger partial charge in [-0.25, -0.2) is 4.39 Å². The van der Waals surface area contributed by atoms with Crippen LogP contribution < -0.4 is 16.4 Å². The molecule has 0 aromatic heterocycles. The van der Waals surface area contributed by atoms with Crippen LogP contribution in [0.15, 0.2) is 48.5 Å². The Bertz CT molecular complexity index is 735. The third kappa shape index (κ3) is 7.34. The van der Waals surface area contributed by atoms with Gasteiger partial charge >= 0.3 is 0 Å². The lowest BCUT2D eigenvalue weighted by Gasteiger charge is -2.12. The van der Waals surface area contributed by atoms with Crippen LogP contribution in [0.25, 0.3) is 0 Å². The highest BCUT2D eigenvalue weighted by atomic mass is 35.5. The highest BCUT2D eigenvalue weighted by Crippen LogP contribution is 2.11. The molecule has 27 heavy (non-hydrogen) atoms. The minimum Gasteiger partial charge on any atom is -0.380 e. The fraction of sp³-hybridized carbons (Fsp3) is 0.263. The zero-order valence-electron chi connectivity index (χ0n) is 14.9. The molecule has 8 heteroatoms. The molecular formula is C19H23ClFN3O3. The van der Waals surface area contributed by atoms with Gasteiger partial charge in [-0.2, -0.15) is 0 Å². The molecule has 0 spiro atoms. The van der Waals surface area contributed by atoms with Crippen LogP contribution in [0.1, 0.15) is 22.3 Å². The largest absolute Gasteiger partial charge is 0.380 e. The Morgan fingerprint density at radius 1 is 1.11 bits per heavy atom. The molecule has 0 aliphatic rings. The van der Waals surface area contributed by atoms with E-state index in [1.54, 1.807) is 36.4 Å². The Balaban J connectivity index is 0.00000364. The van der Waals surface area contributed by atoms with Crippen molar-refractivity contribution >= 4 is 29.9 Å². The van der Waals surface area contributed by atoms with Gasteiger partial charge in [-0.15, -0.1) is 12.4 Å². The van der Waals surface area contributed by atoms with E-state index in [0.717, 1.165) is 5.56 Å². The van der Waals surface area contributed by atoms with Gasteiger partial charge < -0.3 is 21.1 Å². The molecule has 2 rings (SSSR count). The summed E-state index contributed by atoms with van der Waals surface area (Å²) >= 11 is 0. The third-order valence-electron chi connectivity index (χ3n) is 3.81. The zero-order chi connectivity index (χ0) is 18.9. The molecule has 1 atom stereocenters. The molecule has 6 nitrogen and oxygen atoms in total. The molecule has 1 unspecified atom stereocenters. The van der Waals surface area contributed by atoms with Crippen LogP contribution in [0.3, 0.4) is 0 Å². The molecular weight excluding hydrogens is 373 g/mol. The minimum absolute atomic E-state index is 0. The van der Waals surface area contributed by atoms with E-state index in [9.17, 15) is 14.0 Å². The molecule has 4 N–H and O–H groups in total. The van der Waals surface area contributed by atoms with Crippen LogP contribution >= 0.6 is 12.4 Å². The highest BCUT2D eigenvalue weighted by Gasteiger charge is 2.12. The lowest BCUT2D eigenvalue weighted by atomic mass is 10.1. The van der Waals surface area contributed by atoms with Crippen LogP contribution in [0.5, 0.6) is 0 Å². The van der Waals surface area contributed by atoms with E-state index < -0.39 is 0 Å². The van der Waals surface area contributed by atoms with Crippen LogP contribution in [0.4, 0.5) is 10.1 Å². The van der Waals surface area contributed by atoms with Crippen molar-refractivity contribution in [3.05, 3.63) is 65.5 Å². The Kier molecular flexibility index (Phi) is 9.42. The Morgan fingerprint density at radius 3 is 2.30 bits per heavy atom. The van der Waals surface area contributed by atoms with Gasteiger partial charge in [-0.1, -0.05) is 12.1 Å². The Morgan fingerprint density at radius 2 is 1.74 bits per heavy atom. The van der Waals surface area contributed by atoms with Gasteiger partial charge in [0.1, 0.15) is 5.82 Å². The van der Waals surface area contributed by atoms with Crippen molar-refractivity contribution in [1.29, 1.82) is 0 Å². The van der Waals surface area contributed by atoms with Crippen molar-refractivity contribution in [3.63, 3.8) is 0 Å². The summed E-state index contributed by atoms with van der Waals surface area (Å²) in [4.78, 5) is 24.0. The van der Waals surface area contributed by atoms with Gasteiger partial charge in [0.2, 0.25) is 5.91 Å². The Labute approximate surface area is 163 Å². The molecule has 0 aliphatic carbocycles. The maximum Gasteiger partial charge on any atom is 0.251 e. The summed E-state index contributed by atoms with van der Waals surface area (Å²) in [5.74, 6) is -0.786. The zero-order valence-corrected chi connectivity index (χ0v) is 15.7. The predicted molar refractivity (Wildman–Crippen MR) is 104 cm³/mol. The smallest absolute Gasteiger partial charge is 0.251 e. The van der Waals surface area contributed by atoms with Crippen molar-refractivity contribution in [2.45, 2.75) is 19.1 Å². The fourth-order valence-electron chi connectivity index (χ4n) is 2.27. The summed E-state index contributed by atoms with van der Waals surface area (Å²) < 4.78 is 17.9. The first-order chi connectivity index (χ1) is 12.5. The van der Waals surface area contributed by atoms with Gasteiger partial charge in [0.25, 0.3) is 5.91 Å². The molecule has 2 aromatic rings. The fourth-order valence-corrected chi connectivity index (χ4v) is 2.27. The number of carbonyl (C=O) groups excluding carboxylic acids is 2. The second-order valence-corrected chi connectivity index (χ2v) is 5.73. The number of nitrogens with one attached hydrogen (secondary N) is 2. The molecule has 0 saturated heterocycles. The van der Waals surface area contributed by atoms with Crippen LogP contribution in [0.2, 0.25) is 0 Å². The van der Waals surface area contributed by atoms with Crippen molar-refractivity contribution in [2.75, 3.05) is 19.0 Å². The van der Waals surface area contributed by atoms with Gasteiger partial charge in [-0.3, -0.25) is 9.59 Å². The second-order valence-electron chi connectivity index (χ2n) is 5.73. The number of halogens is 2. The molecule has 146 valence electrons. The van der Waals surface area contributed by atoms with E-state index in [1.807, 2.05) is 0 Å². The first kappa shape index (κ1) is 22.6. The summed E-state index contributed by atoms with van der Waals surface area (Å²) in [6.45, 7) is 0.562. The van der Waals surface area contributed by atoms with Crippen LogP contribution in [0, 0.1) is 5.82 Å².